The molecule has 0 fully saturated rings. The van der Waals surface area contributed by atoms with Crippen LogP contribution in [0.2, 0.25) is 0 Å². The zero-order valence-corrected chi connectivity index (χ0v) is 10.2. The fourth-order valence-corrected chi connectivity index (χ4v) is 1.09. The molecular weight excluding hydrogens is 263 g/mol. The number of aliphatic carboxylic acids is 1. The van der Waals surface area contributed by atoms with E-state index in [4.69, 9.17) is 5.11 Å². The van der Waals surface area contributed by atoms with Crippen LogP contribution in [0.5, 0.6) is 0 Å². The molecule has 0 aliphatic carbocycles. The molecule has 0 rings (SSSR count). The Morgan fingerprint density at radius 3 is 2.47 bits per heavy atom. The summed E-state index contributed by atoms with van der Waals surface area (Å²) in [7, 11) is 0. The van der Waals surface area contributed by atoms with Gasteiger partial charge < -0.3 is 15.2 Å². The lowest BCUT2D eigenvalue weighted by molar-refractivity contribution is -0.173. The minimum Gasteiger partial charge on any atom is -0.480 e. The lowest BCUT2D eigenvalue weighted by atomic mass is 10.2. The molecule has 1 atom stereocenters. The second-order valence-corrected chi connectivity index (χ2v) is 3.30. The normalized spacial score (nSPS) is 12.9. The van der Waals surface area contributed by atoms with Crippen molar-refractivity contribution in [2.45, 2.75) is 32.0 Å². The van der Waals surface area contributed by atoms with Crippen molar-refractivity contribution >= 4 is 18.4 Å². The third-order valence-electron chi connectivity index (χ3n) is 1.78. The SMILES string of the molecule is CCCC(NCCOCC(F)(F)F)C(=O)O.Cl. The Morgan fingerprint density at radius 2 is 2.06 bits per heavy atom. The largest absolute Gasteiger partial charge is 0.480 e. The first-order chi connectivity index (χ1) is 7.37. The number of carbonyl (C=O) groups is 1. The van der Waals surface area contributed by atoms with Crippen LogP contribution in [-0.4, -0.2) is 43.1 Å². The summed E-state index contributed by atoms with van der Waals surface area (Å²) in [5.41, 5.74) is 0. The Hall–Kier alpha value is -0.530. The number of carboxylic acid groups (broad SMARTS) is 1. The minimum atomic E-state index is -4.34. The molecule has 0 bridgehead atoms. The molecule has 0 saturated carbocycles. The first kappa shape index (κ1) is 18.8. The average Bonchev–Trinajstić information content (AvgIpc) is 2.13. The van der Waals surface area contributed by atoms with Crippen LogP contribution in [0.4, 0.5) is 13.2 Å². The van der Waals surface area contributed by atoms with Crippen LogP contribution in [0.3, 0.4) is 0 Å². The van der Waals surface area contributed by atoms with Gasteiger partial charge in [-0.1, -0.05) is 13.3 Å². The fourth-order valence-electron chi connectivity index (χ4n) is 1.09. The topological polar surface area (TPSA) is 58.6 Å². The van der Waals surface area contributed by atoms with Gasteiger partial charge in [0, 0.05) is 6.54 Å². The van der Waals surface area contributed by atoms with Crippen molar-refractivity contribution in [3.8, 4) is 0 Å². The quantitative estimate of drug-likeness (QED) is 0.666. The number of hydrogen-bond donors (Lipinski definition) is 2. The Labute approximate surface area is 104 Å². The van der Waals surface area contributed by atoms with E-state index in [0.717, 1.165) is 0 Å². The number of rotatable bonds is 8. The van der Waals surface area contributed by atoms with Gasteiger partial charge in [-0.3, -0.25) is 4.79 Å². The predicted octanol–water partition coefficient (Wildman–Crippen LogP) is 1.83. The van der Waals surface area contributed by atoms with Gasteiger partial charge in [-0.15, -0.1) is 12.4 Å². The van der Waals surface area contributed by atoms with Gasteiger partial charge >= 0.3 is 12.1 Å². The summed E-state index contributed by atoms with van der Waals surface area (Å²) in [6.07, 6.45) is -3.21. The summed E-state index contributed by atoms with van der Waals surface area (Å²) in [6, 6.07) is -0.723. The molecule has 0 spiro atoms. The minimum absolute atomic E-state index is 0. The molecule has 2 N–H and O–H groups in total. The Balaban J connectivity index is 0. The van der Waals surface area contributed by atoms with Crippen LogP contribution in [0.1, 0.15) is 19.8 Å². The molecule has 0 aliphatic rings. The van der Waals surface area contributed by atoms with E-state index in [-0.39, 0.29) is 25.6 Å². The maximum atomic E-state index is 11.7. The molecule has 0 radical (unpaired) electrons. The highest BCUT2D eigenvalue weighted by molar-refractivity contribution is 5.85. The molecule has 0 aliphatic heterocycles. The number of hydrogen-bond acceptors (Lipinski definition) is 3. The van der Waals surface area contributed by atoms with Gasteiger partial charge in [0.15, 0.2) is 0 Å². The van der Waals surface area contributed by atoms with Crippen molar-refractivity contribution < 1.29 is 27.8 Å². The molecule has 0 aromatic heterocycles. The highest BCUT2D eigenvalue weighted by Gasteiger charge is 2.27. The van der Waals surface area contributed by atoms with E-state index in [1.807, 2.05) is 6.92 Å². The fraction of sp³-hybridized carbons (Fsp3) is 0.889. The number of carboxylic acids is 1. The number of halogens is 4. The monoisotopic (exact) mass is 279 g/mol. The molecular formula is C9H17ClF3NO3. The predicted molar refractivity (Wildman–Crippen MR) is 58.5 cm³/mol. The third-order valence-corrected chi connectivity index (χ3v) is 1.78. The summed E-state index contributed by atoms with van der Waals surface area (Å²) in [5, 5.41) is 11.3. The Morgan fingerprint density at radius 1 is 1.47 bits per heavy atom. The third kappa shape index (κ3) is 11.7. The van der Waals surface area contributed by atoms with Crippen LogP contribution in [-0.2, 0) is 9.53 Å². The van der Waals surface area contributed by atoms with Gasteiger partial charge in [0.25, 0.3) is 0 Å². The van der Waals surface area contributed by atoms with Gasteiger partial charge in [-0.2, -0.15) is 13.2 Å². The molecule has 8 heteroatoms. The van der Waals surface area contributed by atoms with E-state index in [9.17, 15) is 18.0 Å². The lowest BCUT2D eigenvalue weighted by Gasteiger charge is -2.13. The summed E-state index contributed by atoms with van der Waals surface area (Å²) in [4.78, 5) is 10.6. The average molecular weight is 280 g/mol. The molecule has 4 nitrogen and oxygen atoms in total. The number of alkyl halides is 3. The molecule has 0 heterocycles. The molecule has 104 valence electrons. The van der Waals surface area contributed by atoms with Crippen LogP contribution in [0.25, 0.3) is 0 Å². The van der Waals surface area contributed by atoms with Crippen molar-refractivity contribution in [3.05, 3.63) is 0 Å². The van der Waals surface area contributed by atoms with Gasteiger partial charge in [0.2, 0.25) is 0 Å². The van der Waals surface area contributed by atoms with Crippen molar-refractivity contribution in [1.29, 1.82) is 0 Å². The van der Waals surface area contributed by atoms with Crippen LogP contribution in [0.15, 0.2) is 0 Å². The zero-order valence-electron chi connectivity index (χ0n) is 9.42. The maximum absolute atomic E-state index is 11.7. The molecule has 0 saturated heterocycles. The summed E-state index contributed by atoms with van der Waals surface area (Å²) < 4.78 is 39.3. The number of nitrogens with one attached hydrogen (secondary N) is 1. The van der Waals surface area contributed by atoms with Crippen molar-refractivity contribution in [3.63, 3.8) is 0 Å². The highest BCUT2D eigenvalue weighted by Crippen LogP contribution is 2.13. The second-order valence-electron chi connectivity index (χ2n) is 3.30. The Kier molecular flexibility index (Phi) is 10.5. The van der Waals surface area contributed by atoms with E-state index in [1.54, 1.807) is 0 Å². The van der Waals surface area contributed by atoms with E-state index in [2.05, 4.69) is 10.1 Å². The van der Waals surface area contributed by atoms with E-state index in [1.165, 1.54) is 0 Å². The van der Waals surface area contributed by atoms with Gasteiger partial charge in [-0.05, 0) is 6.42 Å². The van der Waals surface area contributed by atoms with Crippen molar-refractivity contribution in [1.82, 2.24) is 5.32 Å². The van der Waals surface area contributed by atoms with Gasteiger partial charge in [0.05, 0.1) is 6.61 Å². The lowest BCUT2D eigenvalue weighted by Crippen LogP contribution is -2.38. The van der Waals surface area contributed by atoms with Crippen LogP contribution < -0.4 is 5.32 Å². The van der Waals surface area contributed by atoms with Gasteiger partial charge in [-0.25, -0.2) is 0 Å². The highest BCUT2D eigenvalue weighted by atomic mass is 35.5. The smallest absolute Gasteiger partial charge is 0.411 e. The van der Waals surface area contributed by atoms with Crippen molar-refractivity contribution in [2.24, 2.45) is 0 Å². The van der Waals surface area contributed by atoms with Crippen molar-refractivity contribution in [2.75, 3.05) is 19.8 Å². The zero-order chi connectivity index (χ0) is 12.6. The summed E-state index contributed by atoms with van der Waals surface area (Å²) in [6.45, 7) is 0.456. The number of ether oxygens (including phenoxy) is 1. The molecule has 0 aromatic rings. The van der Waals surface area contributed by atoms with E-state index in [0.29, 0.717) is 12.8 Å². The summed E-state index contributed by atoms with van der Waals surface area (Å²) in [5.74, 6) is -1.00. The molecule has 0 aromatic carbocycles. The summed E-state index contributed by atoms with van der Waals surface area (Å²) >= 11 is 0. The Bertz CT molecular complexity index is 214. The van der Waals surface area contributed by atoms with Crippen LogP contribution in [0, 0.1) is 0 Å². The standard InChI is InChI=1S/C9H16F3NO3.ClH/c1-2-3-7(8(14)15)13-4-5-16-6-9(10,11)12;/h7,13H,2-6H2,1H3,(H,14,15);1H. The molecule has 0 amide bonds. The van der Waals surface area contributed by atoms with E-state index >= 15 is 0 Å². The molecule has 17 heavy (non-hydrogen) atoms. The molecule has 1 unspecified atom stereocenters. The first-order valence-electron chi connectivity index (χ1n) is 4.97. The first-order valence-corrected chi connectivity index (χ1v) is 4.97. The van der Waals surface area contributed by atoms with Gasteiger partial charge in [0.1, 0.15) is 12.6 Å². The second kappa shape index (κ2) is 9.49. The van der Waals surface area contributed by atoms with Crippen LogP contribution >= 0.6 is 12.4 Å². The maximum Gasteiger partial charge on any atom is 0.411 e. The van der Waals surface area contributed by atoms with E-state index < -0.39 is 24.8 Å².